The lowest BCUT2D eigenvalue weighted by molar-refractivity contribution is 0.752. The van der Waals surface area contributed by atoms with E-state index < -0.39 is 0 Å². The van der Waals surface area contributed by atoms with Gasteiger partial charge in [0.1, 0.15) is 10.3 Å². The van der Waals surface area contributed by atoms with Crippen LogP contribution < -0.4 is 0 Å². The normalized spacial score (nSPS) is 10.8. The highest BCUT2D eigenvalue weighted by Gasteiger charge is 2.14. The van der Waals surface area contributed by atoms with Gasteiger partial charge in [0, 0.05) is 5.56 Å². The van der Waals surface area contributed by atoms with Crippen molar-refractivity contribution < 1.29 is 0 Å². The van der Waals surface area contributed by atoms with Crippen LogP contribution in [0.15, 0.2) is 36.5 Å². The first-order chi connectivity index (χ1) is 10.2. The molecular formula is C14H11Cl2N5. The number of hydrogen-bond donors (Lipinski definition) is 0. The Morgan fingerprint density at radius 2 is 1.71 bits per heavy atom. The molecule has 3 aromatic rings. The Hall–Kier alpha value is -1.98. The van der Waals surface area contributed by atoms with Crippen LogP contribution in [0, 0.1) is 0 Å². The largest absolute Gasteiger partial charge is 0.214 e. The zero-order valence-electron chi connectivity index (χ0n) is 11.2. The molecular weight excluding hydrogens is 309 g/mol. The van der Waals surface area contributed by atoms with E-state index in [1.165, 1.54) is 4.80 Å². The summed E-state index contributed by atoms with van der Waals surface area (Å²) in [7, 11) is 0. The summed E-state index contributed by atoms with van der Waals surface area (Å²) in [4.78, 5) is 9.98. The average molecular weight is 320 g/mol. The molecule has 0 unspecified atom stereocenters. The fourth-order valence-electron chi connectivity index (χ4n) is 1.89. The third kappa shape index (κ3) is 2.75. The third-order valence-electron chi connectivity index (χ3n) is 2.97. The third-order valence-corrected chi connectivity index (χ3v) is 3.59. The molecule has 0 fully saturated rings. The molecule has 2 heterocycles. The van der Waals surface area contributed by atoms with Crippen molar-refractivity contribution in [2.75, 3.05) is 0 Å². The van der Waals surface area contributed by atoms with Crippen molar-refractivity contribution in [2.45, 2.75) is 13.3 Å². The highest BCUT2D eigenvalue weighted by atomic mass is 35.5. The van der Waals surface area contributed by atoms with Crippen LogP contribution in [0.2, 0.25) is 10.3 Å². The molecule has 1 aromatic carbocycles. The van der Waals surface area contributed by atoms with Crippen molar-refractivity contribution >= 4 is 23.2 Å². The van der Waals surface area contributed by atoms with Gasteiger partial charge >= 0.3 is 0 Å². The summed E-state index contributed by atoms with van der Waals surface area (Å²) in [5, 5.41) is 9.25. The molecule has 0 saturated heterocycles. The van der Waals surface area contributed by atoms with Crippen LogP contribution in [-0.4, -0.2) is 25.0 Å². The first-order valence-corrected chi connectivity index (χ1v) is 7.14. The van der Waals surface area contributed by atoms with Crippen molar-refractivity contribution in [3.05, 3.63) is 52.4 Å². The van der Waals surface area contributed by atoms with Crippen LogP contribution in [0.5, 0.6) is 0 Å². The number of benzene rings is 1. The van der Waals surface area contributed by atoms with Crippen molar-refractivity contribution in [1.29, 1.82) is 0 Å². The molecule has 7 heteroatoms. The second kappa shape index (κ2) is 5.79. The fraction of sp³-hybridized carbons (Fsp3) is 0.143. The van der Waals surface area contributed by atoms with Crippen LogP contribution in [-0.2, 0) is 6.42 Å². The monoisotopic (exact) mass is 319 g/mol. The minimum atomic E-state index is 0.349. The molecule has 5 nitrogen and oxygen atoms in total. The topological polar surface area (TPSA) is 56.5 Å². The summed E-state index contributed by atoms with van der Waals surface area (Å²) in [6, 6.07) is 9.58. The Balaban J connectivity index is 2.01. The quantitative estimate of drug-likeness (QED) is 0.692. The number of rotatable bonds is 3. The minimum Gasteiger partial charge on any atom is -0.214 e. The van der Waals surface area contributed by atoms with Crippen molar-refractivity contribution in [3.63, 3.8) is 0 Å². The van der Waals surface area contributed by atoms with Gasteiger partial charge in [0.05, 0.1) is 11.9 Å². The van der Waals surface area contributed by atoms with Gasteiger partial charge in [-0.2, -0.15) is 9.90 Å². The molecule has 0 atom stereocenters. The zero-order valence-corrected chi connectivity index (χ0v) is 12.7. The maximum Gasteiger partial charge on any atom is 0.184 e. The van der Waals surface area contributed by atoms with Gasteiger partial charge in [-0.05, 0) is 18.6 Å². The van der Waals surface area contributed by atoms with E-state index in [2.05, 4.69) is 20.2 Å². The molecule has 0 aliphatic carbocycles. The molecule has 0 aliphatic rings. The van der Waals surface area contributed by atoms with Crippen molar-refractivity contribution in [3.8, 4) is 17.2 Å². The zero-order chi connectivity index (χ0) is 14.8. The van der Waals surface area contributed by atoms with Crippen LogP contribution >= 0.6 is 23.2 Å². The summed E-state index contributed by atoms with van der Waals surface area (Å²) in [5.74, 6) is 0.365. The first-order valence-electron chi connectivity index (χ1n) is 6.39. The molecule has 0 radical (unpaired) electrons. The molecule has 106 valence electrons. The van der Waals surface area contributed by atoms with E-state index >= 15 is 0 Å². The van der Waals surface area contributed by atoms with Crippen LogP contribution in [0.1, 0.15) is 12.5 Å². The van der Waals surface area contributed by atoms with Crippen LogP contribution in [0.25, 0.3) is 17.2 Å². The maximum atomic E-state index is 6.12. The van der Waals surface area contributed by atoms with Gasteiger partial charge in [0.2, 0.25) is 0 Å². The number of aromatic nitrogens is 5. The van der Waals surface area contributed by atoms with Gasteiger partial charge < -0.3 is 0 Å². The molecule has 0 aliphatic heterocycles. The van der Waals surface area contributed by atoms with Crippen LogP contribution in [0.4, 0.5) is 0 Å². The van der Waals surface area contributed by atoms with Crippen molar-refractivity contribution in [2.24, 2.45) is 0 Å². The smallest absolute Gasteiger partial charge is 0.184 e. The van der Waals surface area contributed by atoms with Gasteiger partial charge in [-0.15, -0.1) is 5.10 Å². The molecule has 0 spiro atoms. The molecule has 0 amide bonds. The van der Waals surface area contributed by atoms with E-state index in [4.69, 9.17) is 23.2 Å². The lowest BCUT2D eigenvalue weighted by atomic mass is 10.2. The summed E-state index contributed by atoms with van der Waals surface area (Å²) >= 11 is 12.2. The van der Waals surface area contributed by atoms with E-state index in [0.29, 0.717) is 28.2 Å². The Kier molecular flexibility index (Phi) is 3.86. The average Bonchev–Trinajstić information content (AvgIpc) is 2.97. The minimum absolute atomic E-state index is 0.349. The lowest BCUT2D eigenvalue weighted by Gasteiger charge is -2.04. The fourth-order valence-corrected chi connectivity index (χ4v) is 2.54. The lowest BCUT2D eigenvalue weighted by Crippen LogP contribution is -2.00. The molecule has 0 N–H and O–H groups in total. The summed E-state index contributed by atoms with van der Waals surface area (Å²) in [6.45, 7) is 1.95. The molecule has 21 heavy (non-hydrogen) atoms. The molecule has 2 aromatic heterocycles. The molecule has 3 rings (SSSR count). The number of halogens is 2. The van der Waals surface area contributed by atoms with Gasteiger partial charge in [-0.1, -0.05) is 48.3 Å². The number of hydrogen-bond acceptors (Lipinski definition) is 4. The van der Waals surface area contributed by atoms with E-state index in [1.54, 1.807) is 6.20 Å². The highest BCUT2D eigenvalue weighted by Crippen LogP contribution is 2.25. The Morgan fingerprint density at radius 3 is 2.33 bits per heavy atom. The highest BCUT2D eigenvalue weighted by molar-refractivity contribution is 6.34. The summed E-state index contributed by atoms with van der Waals surface area (Å²) in [6.07, 6.45) is 2.26. The van der Waals surface area contributed by atoms with Gasteiger partial charge in [-0.3, -0.25) is 0 Å². The second-order valence-electron chi connectivity index (χ2n) is 4.32. The summed E-state index contributed by atoms with van der Waals surface area (Å²) in [5.41, 5.74) is 2.11. The van der Waals surface area contributed by atoms with E-state index in [9.17, 15) is 0 Å². The van der Waals surface area contributed by atoms with E-state index in [0.717, 1.165) is 11.3 Å². The predicted octanol–water partition coefficient (Wildman–Crippen LogP) is 3.59. The van der Waals surface area contributed by atoms with Gasteiger partial charge in [-0.25, -0.2) is 9.97 Å². The van der Waals surface area contributed by atoms with Crippen molar-refractivity contribution in [1.82, 2.24) is 25.0 Å². The SMILES string of the molecule is CCc1c(Cl)nc(-c2cnn(-c3ccccc3)n2)nc1Cl. The molecule has 0 bridgehead atoms. The number of nitrogens with zero attached hydrogens (tertiary/aromatic N) is 5. The Morgan fingerprint density at radius 1 is 1.05 bits per heavy atom. The van der Waals surface area contributed by atoms with Gasteiger partial charge in [0.25, 0.3) is 0 Å². The Bertz CT molecular complexity index is 747. The molecule has 0 saturated carbocycles. The van der Waals surface area contributed by atoms with E-state index in [-0.39, 0.29) is 0 Å². The maximum absolute atomic E-state index is 6.12. The summed E-state index contributed by atoms with van der Waals surface area (Å²) < 4.78 is 0. The first kappa shape index (κ1) is 14.0. The Labute approximate surface area is 131 Å². The van der Waals surface area contributed by atoms with Crippen LogP contribution in [0.3, 0.4) is 0 Å². The van der Waals surface area contributed by atoms with Gasteiger partial charge in [0.15, 0.2) is 11.5 Å². The number of para-hydroxylation sites is 1. The second-order valence-corrected chi connectivity index (χ2v) is 5.03. The van der Waals surface area contributed by atoms with E-state index in [1.807, 2.05) is 37.3 Å². The predicted molar refractivity (Wildman–Crippen MR) is 81.8 cm³/mol. The standard InChI is InChI=1S/C14H11Cl2N5/c1-2-10-12(15)18-14(19-13(10)16)11-8-17-21(20-11)9-6-4-3-5-7-9/h3-8H,2H2,1H3.